The minimum Gasteiger partial charge on any atom is -0.438 e. The van der Waals surface area contributed by atoms with Crippen molar-refractivity contribution >= 4 is 23.2 Å². The average Bonchev–Trinajstić information content (AvgIpc) is 2.63. The molecule has 0 radical (unpaired) electrons. The van der Waals surface area contributed by atoms with E-state index in [4.69, 9.17) is 21.6 Å². The first-order chi connectivity index (χ1) is 11.7. The van der Waals surface area contributed by atoms with Gasteiger partial charge in [-0.1, -0.05) is 35.9 Å². The van der Waals surface area contributed by atoms with E-state index in [1.54, 1.807) is 36.4 Å². The van der Waals surface area contributed by atoms with E-state index in [9.17, 15) is 0 Å². The number of hydrogen-bond acceptors (Lipinski definition) is 3. The summed E-state index contributed by atoms with van der Waals surface area (Å²) >= 11 is 6.03. The Hall–Kier alpha value is -3.09. The number of aliphatic imine (C=N–C) groups is 1. The molecular weight excluding hydrogens is 320 g/mol. The van der Waals surface area contributed by atoms with Crippen LogP contribution in [0.15, 0.2) is 83.9 Å². The zero-order chi connectivity index (χ0) is 16.8. The Kier molecular flexibility index (Phi) is 4.90. The van der Waals surface area contributed by atoms with E-state index in [1.807, 2.05) is 42.5 Å². The van der Waals surface area contributed by atoms with Gasteiger partial charge in [0.05, 0.1) is 17.3 Å². The first kappa shape index (κ1) is 15.8. The van der Waals surface area contributed by atoms with Crippen LogP contribution < -0.4 is 4.74 Å². The minimum atomic E-state index is 0.461. The average molecular weight is 333 g/mol. The number of nitriles is 1. The Labute approximate surface area is 145 Å². The van der Waals surface area contributed by atoms with E-state index in [-0.39, 0.29) is 0 Å². The van der Waals surface area contributed by atoms with Gasteiger partial charge in [-0.15, -0.1) is 0 Å². The first-order valence-electron chi connectivity index (χ1n) is 7.32. The molecule has 116 valence electrons. The fourth-order valence-corrected chi connectivity index (χ4v) is 2.28. The third kappa shape index (κ3) is 4.01. The molecule has 0 aliphatic rings. The quantitative estimate of drug-likeness (QED) is 0.478. The zero-order valence-corrected chi connectivity index (χ0v) is 13.4. The van der Waals surface area contributed by atoms with Gasteiger partial charge in [0, 0.05) is 10.6 Å². The Morgan fingerprint density at radius 3 is 2.33 bits per heavy atom. The van der Waals surface area contributed by atoms with Crippen LogP contribution in [0.5, 0.6) is 5.75 Å². The highest BCUT2D eigenvalue weighted by Gasteiger charge is 2.07. The maximum absolute atomic E-state index is 8.88. The summed E-state index contributed by atoms with van der Waals surface area (Å²) in [5, 5.41) is 9.50. The van der Waals surface area contributed by atoms with Gasteiger partial charge in [0.1, 0.15) is 5.75 Å². The lowest BCUT2D eigenvalue weighted by molar-refractivity contribution is 0.553. The van der Waals surface area contributed by atoms with Gasteiger partial charge in [0.15, 0.2) is 0 Å². The summed E-state index contributed by atoms with van der Waals surface area (Å²) in [5.74, 6) is 1.07. The molecule has 0 N–H and O–H groups in total. The smallest absolute Gasteiger partial charge is 0.227 e. The lowest BCUT2D eigenvalue weighted by Crippen LogP contribution is -2.10. The summed E-state index contributed by atoms with van der Waals surface area (Å²) in [6.07, 6.45) is 0. The monoisotopic (exact) mass is 332 g/mol. The molecule has 0 unspecified atom stereocenters. The number of benzene rings is 3. The molecule has 0 fully saturated rings. The summed E-state index contributed by atoms with van der Waals surface area (Å²) in [6.45, 7) is 0. The van der Waals surface area contributed by atoms with Crippen LogP contribution in [0.3, 0.4) is 0 Å². The van der Waals surface area contributed by atoms with Gasteiger partial charge in [-0.25, -0.2) is 4.99 Å². The standard InChI is InChI=1S/C20H13ClN2O/c21-17-7-4-8-18(13-17)23-20(16-5-2-1-3-6-16)24-19-11-9-15(14-22)10-12-19/h1-13H. The van der Waals surface area contributed by atoms with Gasteiger partial charge in [0.2, 0.25) is 5.90 Å². The van der Waals surface area contributed by atoms with Gasteiger partial charge >= 0.3 is 0 Å². The zero-order valence-electron chi connectivity index (χ0n) is 12.7. The van der Waals surface area contributed by atoms with Gasteiger partial charge in [-0.3, -0.25) is 0 Å². The predicted molar refractivity (Wildman–Crippen MR) is 95.9 cm³/mol. The molecule has 0 spiro atoms. The van der Waals surface area contributed by atoms with E-state index >= 15 is 0 Å². The van der Waals surface area contributed by atoms with Crippen molar-refractivity contribution in [2.24, 2.45) is 4.99 Å². The van der Waals surface area contributed by atoms with Crippen molar-refractivity contribution in [3.05, 3.63) is 95.0 Å². The van der Waals surface area contributed by atoms with Crippen LogP contribution in [0, 0.1) is 11.3 Å². The lowest BCUT2D eigenvalue weighted by atomic mass is 10.2. The van der Waals surface area contributed by atoms with Gasteiger partial charge < -0.3 is 4.74 Å². The molecule has 0 saturated carbocycles. The van der Waals surface area contributed by atoms with Crippen LogP contribution in [-0.4, -0.2) is 5.90 Å². The molecule has 0 atom stereocenters. The second-order valence-electron chi connectivity index (χ2n) is 5.00. The van der Waals surface area contributed by atoms with Gasteiger partial charge in [-0.2, -0.15) is 5.26 Å². The van der Waals surface area contributed by atoms with Crippen molar-refractivity contribution in [2.45, 2.75) is 0 Å². The maximum Gasteiger partial charge on any atom is 0.227 e. The van der Waals surface area contributed by atoms with E-state index in [0.717, 1.165) is 5.56 Å². The molecule has 3 nitrogen and oxygen atoms in total. The van der Waals surface area contributed by atoms with E-state index < -0.39 is 0 Å². The fraction of sp³-hybridized carbons (Fsp3) is 0. The van der Waals surface area contributed by atoms with Crippen LogP contribution in [0.2, 0.25) is 5.02 Å². The Bertz CT molecular complexity index is 897. The molecule has 0 saturated heterocycles. The normalized spacial score (nSPS) is 10.9. The van der Waals surface area contributed by atoms with Gasteiger partial charge in [-0.05, 0) is 54.6 Å². The largest absolute Gasteiger partial charge is 0.438 e. The molecule has 24 heavy (non-hydrogen) atoms. The summed E-state index contributed by atoms with van der Waals surface area (Å²) in [7, 11) is 0. The molecule has 3 aromatic carbocycles. The summed E-state index contributed by atoms with van der Waals surface area (Å²) in [6, 6.07) is 25.9. The van der Waals surface area contributed by atoms with Crippen molar-refractivity contribution in [1.82, 2.24) is 0 Å². The van der Waals surface area contributed by atoms with Crippen LogP contribution in [-0.2, 0) is 0 Å². The highest BCUT2D eigenvalue weighted by molar-refractivity contribution is 6.30. The second-order valence-corrected chi connectivity index (χ2v) is 5.44. The van der Waals surface area contributed by atoms with Gasteiger partial charge in [0.25, 0.3) is 0 Å². The van der Waals surface area contributed by atoms with Crippen molar-refractivity contribution in [2.75, 3.05) is 0 Å². The molecular formula is C20H13ClN2O. The summed E-state index contributed by atoms with van der Waals surface area (Å²) < 4.78 is 5.94. The van der Waals surface area contributed by atoms with Crippen molar-refractivity contribution in [1.29, 1.82) is 5.26 Å². The number of halogens is 1. The minimum absolute atomic E-state index is 0.461. The topological polar surface area (TPSA) is 45.4 Å². The second kappa shape index (κ2) is 7.45. The molecule has 0 heterocycles. The molecule has 0 amide bonds. The molecule has 3 rings (SSSR count). The van der Waals surface area contributed by atoms with Crippen LogP contribution in [0.25, 0.3) is 0 Å². The predicted octanol–water partition coefficient (Wildman–Crippen LogP) is 5.37. The molecule has 3 aromatic rings. The Morgan fingerprint density at radius 2 is 1.67 bits per heavy atom. The summed E-state index contributed by atoms with van der Waals surface area (Å²) in [4.78, 5) is 4.57. The third-order valence-electron chi connectivity index (χ3n) is 3.26. The number of hydrogen-bond donors (Lipinski definition) is 0. The molecule has 0 bridgehead atoms. The number of nitrogens with zero attached hydrogens (tertiary/aromatic N) is 2. The van der Waals surface area contributed by atoms with Crippen molar-refractivity contribution in [3.63, 3.8) is 0 Å². The fourth-order valence-electron chi connectivity index (χ4n) is 2.10. The highest BCUT2D eigenvalue weighted by Crippen LogP contribution is 2.21. The first-order valence-corrected chi connectivity index (χ1v) is 7.70. The highest BCUT2D eigenvalue weighted by atomic mass is 35.5. The van der Waals surface area contributed by atoms with E-state index in [0.29, 0.717) is 27.9 Å². The molecule has 0 aliphatic carbocycles. The molecule has 0 aliphatic heterocycles. The van der Waals surface area contributed by atoms with E-state index in [2.05, 4.69) is 11.1 Å². The van der Waals surface area contributed by atoms with Crippen LogP contribution >= 0.6 is 11.6 Å². The maximum atomic E-state index is 8.88. The molecule has 4 heteroatoms. The Morgan fingerprint density at radius 1 is 0.917 bits per heavy atom. The van der Waals surface area contributed by atoms with Crippen LogP contribution in [0.4, 0.5) is 5.69 Å². The van der Waals surface area contributed by atoms with Crippen molar-refractivity contribution in [3.8, 4) is 11.8 Å². The van der Waals surface area contributed by atoms with Crippen LogP contribution in [0.1, 0.15) is 11.1 Å². The van der Waals surface area contributed by atoms with Crippen molar-refractivity contribution < 1.29 is 4.74 Å². The summed E-state index contributed by atoms with van der Waals surface area (Å²) in [5.41, 5.74) is 2.13. The number of rotatable bonds is 3. The SMILES string of the molecule is N#Cc1ccc(OC(=Nc2cccc(Cl)c2)c2ccccc2)cc1. The molecule has 0 aromatic heterocycles. The third-order valence-corrected chi connectivity index (χ3v) is 3.49. The lowest BCUT2D eigenvalue weighted by Gasteiger charge is -2.09. The van der Waals surface area contributed by atoms with E-state index in [1.165, 1.54) is 0 Å². The number of ether oxygens (including phenoxy) is 1. The Balaban J connectivity index is 1.97.